The first kappa shape index (κ1) is 15.2. The minimum atomic E-state index is -1.04. The van der Waals surface area contributed by atoms with E-state index in [1.807, 2.05) is 24.3 Å². The van der Waals surface area contributed by atoms with Crippen LogP contribution in [0.4, 0.5) is 0 Å². The zero-order valence-corrected chi connectivity index (χ0v) is 14.4. The Balaban J connectivity index is 1.98. The first-order valence-electron chi connectivity index (χ1n) is 7.04. The summed E-state index contributed by atoms with van der Waals surface area (Å²) in [4.78, 5) is 16.1. The van der Waals surface area contributed by atoms with Crippen molar-refractivity contribution in [2.45, 2.75) is 0 Å². The van der Waals surface area contributed by atoms with Gasteiger partial charge in [-0.25, -0.2) is 9.78 Å². The van der Waals surface area contributed by atoms with Gasteiger partial charge in [0.2, 0.25) is 0 Å². The smallest absolute Gasteiger partial charge is 0.336 e. The Morgan fingerprint density at radius 2 is 1.96 bits per heavy atom. The minimum Gasteiger partial charge on any atom is -0.478 e. The van der Waals surface area contributed by atoms with E-state index < -0.39 is 5.97 Å². The van der Waals surface area contributed by atoms with Gasteiger partial charge in [0.25, 0.3) is 0 Å². The zero-order valence-electron chi connectivity index (χ0n) is 12.1. The number of fused-ring (bicyclic) bond motifs is 2. The largest absolute Gasteiger partial charge is 0.478 e. The van der Waals surface area contributed by atoms with Crippen molar-refractivity contribution in [3.8, 4) is 11.5 Å². The molecule has 0 unspecified atom stereocenters. The van der Waals surface area contributed by atoms with Crippen molar-refractivity contribution >= 4 is 55.4 Å². The van der Waals surface area contributed by atoms with E-state index in [1.165, 1.54) is 6.07 Å². The first-order chi connectivity index (χ1) is 11.5. The maximum Gasteiger partial charge on any atom is 0.336 e. The lowest BCUT2D eigenvalue weighted by Gasteiger charge is -2.05. The molecule has 1 N–H and O–H groups in total. The molecule has 0 saturated heterocycles. The Bertz CT molecular complexity index is 1120. The van der Waals surface area contributed by atoms with Gasteiger partial charge in [-0.3, -0.25) is 0 Å². The third kappa shape index (κ3) is 2.56. The Kier molecular flexibility index (Phi) is 3.55. The lowest BCUT2D eigenvalue weighted by molar-refractivity contribution is 0.0699. The predicted molar refractivity (Wildman–Crippen MR) is 96.6 cm³/mol. The summed E-state index contributed by atoms with van der Waals surface area (Å²) in [6.45, 7) is 0. The molecule has 6 heteroatoms. The lowest BCUT2D eigenvalue weighted by Crippen LogP contribution is -2.00. The number of halogens is 2. The van der Waals surface area contributed by atoms with Gasteiger partial charge >= 0.3 is 5.97 Å². The van der Waals surface area contributed by atoms with Crippen LogP contribution in [0.25, 0.3) is 33.3 Å². The molecule has 0 aliphatic heterocycles. The second-order valence-corrected chi connectivity index (χ2v) is 6.67. The highest BCUT2D eigenvalue weighted by molar-refractivity contribution is 9.10. The number of pyridine rings is 1. The maximum absolute atomic E-state index is 11.6. The van der Waals surface area contributed by atoms with E-state index in [4.69, 9.17) is 16.0 Å². The molecule has 0 atom stereocenters. The van der Waals surface area contributed by atoms with Gasteiger partial charge in [0.05, 0.1) is 11.1 Å². The minimum absolute atomic E-state index is 0.138. The number of benzene rings is 2. The number of carbonyl (C=O) groups is 1. The summed E-state index contributed by atoms with van der Waals surface area (Å²) < 4.78 is 6.75. The fourth-order valence-corrected chi connectivity index (χ4v) is 3.19. The number of hydrogen-bond acceptors (Lipinski definition) is 3. The van der Waals surface area contributed by atoms with E-state index in [9.17, 15) is 9.90 Å². The monoisotopic (exact) mass is 401 g/mol. The molecule has 2 heterocycles. The van der Waals surface area contributed by atoms with Crippen molar-refractivity contribution in [3.05, 3.63) is 63.6 Å². The number of hydrogen-bond donors (Lipinski definition) is 1. The summed E-state index contributed by atoms with van der Waals surface area (Å²) in [5.74, 6) is -0.521. The van der Waals surface area contributed by atoms with E-state index in [0.29, 0.717) is 33.0 Å². The summed E-state index contributed by atoms with van der Waals surface area (Å²) in [6, 6.07) is 14.0. The van der Waals surface area contributed by atoms with Crippen molar-refractivity contribution in [3.63, 3.8) is 0 Å². The molecule has 0 amide bonds. The van der Waals surface area contributed by atoms with E-state index in [-0.39, 0.29) is 5.56 Å². The van der Waals surface area contributed by atoms with Crippen LogP contribution in [0.5, 0.6) is 0 Å². The van der Waals surface area contributed by atoms with Crippen LogP contribution in [-0.4, -0.2) is 16.1 Å². The van der Waals surface area contributed by atoms with Crippen LogP contribution in [0.1, 0.15) is 10.4 Å². The molecule has 0 aliphatic carbocycles. The van der Waals surface area contributed by atoms with Gasteiger partial charge in [-0.2, -0.15) is 0 Å². The average Bonchev–Trinajstić information content (AvgIpc) is 2.96. The molecular weight excluding hydrogens is 394 g/mol. The number of nitrogens with zero attached hydrogens (tertiary/aromatic N) is 1. The number of carboxylic acids is 1. The second kappa shape index (κ2) is 5.61. The highest BCUT2D eigenvalue weighted by Gasteiger charge is 2.16. The van der Waals surface area contributed by atoms with E-state index >= 15 is 0 Å². The van der Waals surface area contributed by atoms with E-state index in [2.05, 4.69) is 20.9 Å². The first-order valence-corrected chi connectivity index (χ1v) is 8.21. The number of rotatable bonds is 2. The molecule has 4 rings (SSSR count). The highest BCUT2D eigenvalue weighted by Crippen LogP contribution is 2.31. The normalized spacial score (nSPS) is 11.2. The Hall–Kier alpha value is -2.37. The standard InChI is InChI=1S/C18H9BrClNO3/c19-10-1-4-16-9(5-10)6-17(24-16)15-8-13(18(22)23)12-7-11(20)2-3-14(12)21-15/h1-8H,(H,22,23). The molecule has 0 aliphatic rings. The summed E-state index contributed by atoms with van der Waals surface area (Å²) >= 11 is 9.40. The fraction of sp³-hybridized carbons (Fsp3) is 0. The van der Waals surface area contributed by atoms with Gasteiger partial charge in [-0.15, -0.1) is 0 Å². The number of aromatic nitrogens is 1. The van der Waals surface area contributed by atoms with Crippen molar-refractivity contribution in [2.24, 2.45) is 0 Å². The van der Waals surface area contributed by atoms with Crippen LogP contribution < -0.4 is 0 Å². The third-order valence-electron chi connectivity index (χ3n) is 3.73. The number of carboxylic acid groups (broad SMARTS) is 1. The molecule has 0 bridgehead atoms. The molecule has 0 saturated carbocycles. The molecule has 118 valence electrons. The van der Waals surface area contributed by atoms with Crippen LogP contribution in [0.3, 0.4) is 0 Å². The van der Waals surface area contributed by atoms with Gasteiger partial charge in [0, 0.05) is 20.3 Å². The van der Waals surface area contributed by atoms with E-state index in [0.717, 1.165) is 9.86 Å². The Morgan fingerprint density at radius 1 is 1.12 bits per heavy atom. The third-order valence-corrected chi connectivity index (χ3v) is 4.46. The van der Waals surface area contributed by atoms with Crippen LogP contribution in [0.15, 0.2) is 57.4 Å². The van der Waals surface area contributed by atoms with Gasteiger partial charge in [-0.05, 0) is 48.5 Å². The van der Waals surface area contributed by atoms with Crippen LogP contribution in [0, 0.1) is 0 Å². The average molecular weight is 403 g/mol. The van der Waals surface area contributed by atoms with Crippen LogP contribution in [-0.2, 0) is 0 Å². The van der Waals surface area contributed by atoms with Crippen molar-refractivity contribution in [1.29, 1.82) is 0 Å². The second-order valence-electron chi connectivity index (χ2n) is 5.31. The van der Waals surface area contributed by atoms with Crippen molar-refractivity contribution < 1.29 is 14.3 Å². The Labute approximate surface area is 149 Å². The number of aromatic carboxylic acids is 1. The molecule has 4 aromatic rings. The van der Waals surface area contributed by atoms with Crippen LogP contribution >= 0.6 is 27.5 Å². The summed E-state index contributed by atoms with van der Waals surface area (Å²) in [5, 5.41) is 11.4. The molecule has 24 heavy (non-hydrogen) atoms. The molecule has 4 nitrogen and oxygen atoms in total. The fourth-order valence-electron chi connectivity index (χ4n) is 2.64. The SMILES string of the molecule is O=C(O)c1cc(-c2cc3cc(Br)ccc3o2)nc2ccc(Cl)cc12. The van der Waals surface area contributed by atoms with Crippen molar-refractivity contribution in [2.75, 3.05) is 0 Å². The maximum atomic E-state index is 11.6. The topological polar surface area (TPSA) is 63.3 Å². The van der Waals surface area contributed by atoms with Gasteiger partial charge < -0.3 is 9.52 Å². The molecule has 0 radical (unpaired) electrons. The summed E-state index contributed by atoms with van der Waals surface area (Å²) in [5.41, 5.74) is 1.87. The van der Waals surface area contributed by atoms with E-state index in [1.54, 1.807) is 18.2 Å². The summed E-state index contributed by atoms with van der Waals surface area (Å²) in [6.07, 6.45) is 0. The van der Waals surface area contributed by atoms with Crippen LogP contribution in [0.2, 0.25) is 5.02 Å². The van der Waals surface area contributed by atoms with Gasteiger partial charge in [0.1, 0.15) is 11.3 Å². The van der Waals surface area contributed by atoms with Crippen molar-refractivity contribution in [1.82, 2.24) is 4.98 Å². The molecule has 2 aromatic carbocycles. The Morgan fingerprint density at radius 3 is 2.75 bits per heavy atom. The van der Waals surface area contributed by atoms with Gasteiger partial charge in [-0.1, -0.05) is 27.5 Å². The lowest BCUT2D eigenvalue weighted by atomic mass is 10.1. The molecule has 0 fully saturated rings. The molecular formula is C18H9BrClNO3. The molecule has 0 spiro atoms. The zero-order chi connectivity index (χ0) is 16.8. The highest BCUT2D eigenvalue weighted by atomic mass is 79.9. The predicted octanol–water partition coefficient (Wildman–Crippen LogP) is 5.76. The van der Waals surface area contributed by atoms with Gasteiger partial charge in [0.15, 0.2) is 5.76 Å². The quantitative estimate of drug-likeness (QED) is 0.463. The number of furan rings is 1. The molecule has 2 aromatic heterocycles. The summed E-state index contributed by atoms with van der Waals surface area (Å²) in [7, 11) is 0.